The first-order chi connectivity index (χ1) is 13.1. The van der Waals surface area contributed by atoms with Gasteiger partial charge in [0.05, 0.1) is 0 Å². The molecule has 0 bridgehead atoms. The Hall–Kier alpha value is -2.70. The Kier molecular flexibility index (Phi) is 6.21. The van der Waals surface area contributed by atoms with E-state index >= 15 is 0 Å². The molecule has 0 unspecified atom stereocenters. The van der Waals surface area contributed by atoms with Gasteiger partial charge in [-0.1, -0.05) is 60.2 Å². The standard InChI is InChI=1S/C24H24O2P/c1-20(2)18-24(25)26-19-27(21-12-6-3-7-13-21,22-14-8-4-9-15-22)23-16-10-5-11-17-23/h3-18H,19H2,1-2H3/q+1. The molecule has 0 spiro atoms. The molecule has 0 radical (unpaired) electrons. The molecule has 3 aromatic carbocycles. The normalized spacial score (nSPS) is 10.9. The number of allylic oxidation sites excluding steroid dienone is 1. The average Bonchev–Trinajstić information content (AvgIpc) is 2.70. The van der Waals surface area contributed by atoms with Gasteiger partial charge in [-0.3, -0.25) is 0 Å². The zero-order valence-electron chi connectivity index (χ0n) is 15.7. The predicted octanol–water partition coefficient (Wildman–Crippen LogP) is 4.45. The van der Waals surface area contributed by atoms with Gasteiger partial charge in [-0.05, 0) is 50.2 Å². The Balaban J connectivity index is 2.17. The third-order valence-electron chi connectivity index (χ3n) is 4.40. The first kappa shape index (κ1) is 19.1. The number of rotatable bonds is 6. The fourth-order valence-corrected chi connectivity index (χ4v) is 6.86. The summed E-state index contributed by atoms with van der Waals surface area (Å²) in [4.78, 5) is 12.3. The highest BCUT2D eigenvalue weighted by Crippen LogP contribution is 2.55. The van der Waals surface area contributed by atoms with Crippen molar-refractivity contribution in [2.45, 2.75) is 13.8 Å². The largest absolute Gasteiger partial charge is 0.426 e. The third kappa shape index (κ3) is 4.35. The van der Waals surface area contributed by atoms with Gasteiger partial charge in [-0.15, -0.1) is 0 Å². The summed E-state index contributed by atoms with van der Waals surface area (Å²) in [5.41, 5.74) is 0.933. The topological polar surface area (TPSA) is 26.3 Å². The van der Waals surface area contributed by atoms with Crippen molar-refractivity contribution < 1.29 is 9.53 Å². The summed E-state index contributed by atoms with van der Waals surface area (Å²) in [7, 11) is -2.12. The van der Waals surface area contributed by atoms with E-state index in [9.17, 15) is 4.79 Å². The summed E-state index contributed by atoms with van der Waals surface area (Å²) in [5.74, 6) is -0.290. The Morgan fingerprint density at radius 2 is 1.11 bits per heavy atom. The van der Waals surface area contributed by atoms with Crippen molar-refractivity contribution in [3.63, 3.8) is 0 Å². The van der Waals surface area contributed by atoms with Crippen molar-refractivity contribution in [3.05, 3.63) is 103 Å². The molecule has 136 valence electrons. The van der Waals surface area contributed by atoms with Crippen LogP contribution in [0.4, 0.5) is 0 Å². The zero-order chi connectivity index (χ0) is 19.1. The minimum Gasteiger partial charge on any atom is -0.426 e. The van der Waals surface area contributed by atoms with Crippen LogP contribution in [0.2, 0.25) is 0 Å². The van der Waals surface area contributed by atoms with Crippen LogP contribution in [0.1, 0.15) is 13.8 Å². The highest BCUT2D eigenvalue weighted by molar-refractivity contribution is 7.95. The number of hydrogen-bond acceptors (Lipinski definition) is 2. The molecule has 0 aliphatic carbocycles. The van der Waals surface area contributed by atoms with Gasteiger partial charge in [-0.2, -0.15) is 0 Å². The van der Waals surface area contributed by atoms with E-state index in [0.717, 1.165) is 5.57 Å². The van der Waals surface area contributed by atoms with Crippen molar-refractivity contribution >= 4 is 29.1 Å². The van der Waals surface area contributed by atoms with Gasteiger partial charge in [0.25, 0.3) is 0 Å². The van der Waals surface area contributed by atoms with E-state index in [1.54, 1.807) is 6.08 Å². The molecule has 0 aromatic heterocycles. The molecule has 0 N–H and O–H groups in total. The van der Waals surface area contributed by atoms with Crippen LogP contribution in [0.25, 0.3) is 0 Å². The fourth-order valence-electron chi connectivity index (χ4n) is 3.16. The lowest BCUT2D eigenvalue weighted by Gasteiger charge is -2.26. The summed E-state index contributed by atoms with van der Waals surface area (Å²) < 4.78 is 5.82. The molecule has 3 rings (SSSR count). The summed E-state index contributed by atoms with van der Waals surface area (Å²) in [6.45, 7) is 3.80. The Labute approximate surface area is 161 Å². The zero-order valence-corrected chi connectivity index (χ0v) is 16.6. The third-order valence-corrected chi connectivity index (χ3v) is 8.45. The van der Waals surface area contributed by atoms with Gasteiger partial charge in [0, 0.05) is 6.08 Å². The van der Waals surface area contributed by atoms with Crippen molar-refractivity contribution in [2.75, 3.05) is 6.35 Å². The van der Waals surface area contributed by atoms with Gasteiger partial charge in [0.1, 0.15) is 15.9 Å². The second-order valence-corrected chi connectivity index (χ2v) is 10.1. The van der Waals surface area contributed by atoms with Crippen LogP contribution in [0.3, 0.4) is 0 Å². The second-order valence-electron chi connectivity index (χ2n) is 6.63. The highest BCUT2D eigenvalue weighted by Gasteiger charge is 2.46. The lowest BCUT2D eigenvalue weighted by Crippen LogP contribution is -2.34. The summed E-state index contributed by atoms with van der Waals surface area (Å²) in [6.07, 6.45) is 1.89. The maximum atomic E-state index is 12.3. The lowest BCUT2D eigenvalue weighted by atomic mass is 10.3. The molecule has 0 fully saturated rings. The quantitative estimate of drug-likeness (QED) is 0.362. The monoisotopic (exact) mass is 375 g/mol. The molecule has 0 atom stereocenters. The molecule has 0 aliphatic rings. The minimum absolute atomic E-state index is 0.290. The number of ether oxygens (including phenoxy) is 1. The maximum absolute atomic E-state index is 12.3. The fraction of sp³-hybridized carbons (Fsp3) is 0.125. The van der Waals surface area contributed by atoms with E-state index in [1.807, 2.05) is 68.4 Å². The van der Waals surface area contributed by atoms with Crippen LogP contribution in [0.5, 0.6) is 0 Å². The van der Waals surface area contributed by atoms with Crippen LogP contribution in [-0.2, 0) is 9.53 Å². The van der Waals surface area contributed by atoms with E-state index in [-0.39, 0.29) is 5.97 Å². The predicted molar refractivity (Wildman–Crippen MR) is 116 cm³/mol. The first-order valence-corrected chi connectivity index (χ1v) is 11.0. The SMILES string of the molecule is CC(C)=CC(=O)OC[P+](c1ccccc1)(c1ccccc1)c1ccccc1. The van der Waals surface area contributed by atoms with Crippen LogP contribution in [0.15, 0.2) is 103 Å². The Morgan fingerprint density at radius 3 is 1.44 bits per heavy atom. The molecule has 27 heavy (non-hydrogen) atoms. The smallest absolute Gasteiger partial charge is 0.333 e. The number of carbonyl (C=O) groups excluding carboxylic acids is 1. The number of benzene rings is 3. The van der Waals surface area contributed by atoms with E-state index in [1.165, 1.54) is 15.9 Å². The maximum Gasteiger partial charge on any atom is 0.333 e. The van der Waals surface area contributed by atoms with Crippen molar-refractivity contribution in [3.8, 4) is 0 Å². The van der Waals surface area contributed by atoms with Crippen molar-refractivity contribution in [2.24, 2.45) is 0 Å². The van der Waals surface area contributed by atoms with E-state index in [2.05, 4.69) is 36.4 Å². The molecule has 0 saturated carbocycles. The van der Waals surface area contributed by atoms with Crippen molar-refractivity contribution in [1.82, 2.24) is 0 Å². The lowest BCUT2D eigenvalue weighted by molar-refractivity contribution is -0.135. The molecular weight excluding hydrogens is 351 g/mol. The highest BCUT2D eigenvalue weighted by atomic mass is 31.2. The molecule has 2 nitrogen and oxygen atoms in total. The number of carbonyl (C=O) groups is 1. The van der Waals surface area contributed by atoms with E-state index in [0.29, 0.717) is 6.35 Å². The van der Waals surface area contributed by atoms with E-state index < -0.39 is 7.26 Å². The van der Waals surface area contributed by atoms with Crippen LogP contribution in [0, 0.1) is 0 Å². The number of esters is 1. The molecule has 3 aromatic rings. The molecule has 0 aliphatic heterocycles. The van der Waals surface area contributed by atoms with Gasteiger partial charge in [0.15, 0.2) is 7.26 Å². The van der Waals surface area contributed by atoms with Crippen molar-refractivity contribution in [1.29, 1.82) is 0 Å². The molecule has 0 amide bonds. The average molecular weight is 375 g/mol. The van der Waals surface area contributed by atoms with Crippen LogP contribution >= 0.6 is 7.26 Å². The molecule has 0 saturated heterocycles. The number of hydrogen-bond donors (Lipinski definition) is 0. The van der Waals surface area contributed by atoms with Crippen LogP contribution < -0.4 is 15.9 Å². The Bertz CT molecular complexity index is 802. The van der Waals surface area contributed by atoms with Gasteiger partial charge < -0.3 is 4.74 Å². The van der Waals surface area contributed by atoms with Crippen LogP contribution in [-0.4, -0.2) is 12.3 Å². The second kappa shape index (κ2) is 8.79. The summed E-state index contributed by atoms with van der Waals surface area (Å²) in [5, 5.41) is 3.60. The Morgan fingerprint density at radius 1 is 0.741 bits per heavy atom. The molecule has 3 heteroatoms. The van der Waals surface area contributed by atoms with Gasteiger partial charge >= 0.3 is 5.97 Å². The van der Waals surface area contributed by atoms with Gasteiger partial charge in [0.2, 0.25) is 6.35 Å². The molecular formula is C24H24O2P+. The summed E-state index contributed by atoms with van der Waals surface area (Å²) >= 11 is 0. The summed E-state index contributed by atoms with van der Waals surface area (Å²) in [6, 6.07) is 31.2. The van der Waals surface area contributed by atoms with Gasteiger partial charge in [-0.25, -0.2) is 4.79 Å². The molecule has 0 heterocycles. The minimum atomic E-state index is -2.12. The first-order valence-electron chi connectivity index (χ1n) is 8.99. The van der Waals surface area contributed by atoms with E-state index in [4.69, 9.17) is 4.74 Å².